The van der Waals surface area contributed by atoms with Crippen LogP contribution in [0.15, 0.2) is 0 Å². The zero-order valence-corrected chi connectivity index (χ0v) is 12.2. The van der Waals surface area contributed by atoms with E-state index < -0.39 is 0 Å². The van der Waals surface area contributed by atoms with Crippen molar-refractivity contribution in [3.8, 4) is 0 Å². The summed E-state index contributed by atoms with van der Waals surface area (Å²) in [6.07, 6.45) is 7.62. The van der Waals surface area contributed by atoms with Crippen LogP contribution < -0.4 is 5.73 Å². The van der Waals surface area contributed by atoms with Gasteiger partial charge in [0.05, 0.1) is 6.10 Å². The van der Waals surface area contributed by atoms with Crippen molar-refractivity contribution in [1.82, 2.24) is 0 Å². The molecule has 4 saturated carbocycles. The molecule has 0 aliphatic heterocycles. The Morgan fingerprint density at radius 2 is 1.72 bits per heavy atom. The van der Waals surface area contributed by atoms with E-state index >= 15 is 0 Å². The Balaban J connectivity index is 1.98. The molecule has 3 unspecified atom stereocenters. The molecular formula is C16H29NO. The summed E-state index contributed by atoms with van der Waals surface area (Å²) in [7, 11) is 0. The van der Waals surface area contributed by atoms with Gasteiger partial charge in [0, 0.05) is 6.54 Å². The molecule has 4 fully saturated rings. The Kier molecular flexibility index (Phi) is 2.68. The molecule has 0 spiro atoms. The minimum absolute atomic E-state index is 0.159. The number of rotatable bonds is 2. The van der Waals surface area contributed by atoms with Gasteiger partial charge in [0.25, 0.3) is 0 Å². The van der Waals surface area contributed by atoms with Gasteiger partial charge in [-0.1, -0.05) is 20.8 Å². The van der Waals surface area contributed by atoms with Crippen molar-refractivity contribution in [2.75, 3.05) is 6.54 Å². The van der Waals surface area contributed by atoms with Gasteiger partial charge in [0.15, 0.2) is 0 Å². The maximum absolute atomic E-state index is 10.5. The Labute approximate surface area is 111 Å². The molecule has 0 aromatic heterocycles. The lowest BCUT2D eigenvalue weighted by Gasteiger charge is -2.67. The van der Waals surface area contributed by atoms with Crippen LogP contribution in [0.4, 0.5) is 0 Å². The highest BCUT2D eigenvalue weighted by Gasteiger charge is 2.62. The fraction of sp³-hybridized carbons (Fsp3) is 1.00. The molecular weight excluding hydrogens is 222 g/mol. The zero-order valence-electron chi connectivity index (χ0n) is 12.2. The van der Waals surface area contributed by atoms with Gasteiger partial charge in [-0.2, -0.15) is 0 Å². The number of aliphatic hydroxyl groups is 1. The minimum Gasteiger partial charge on any atom is -0.391 e. The average molecular weight is 251 g/mol. The van der Waals surface area contributed by atoms with Crippen LogP contribution in [0.5, 0.6) is 0 Å². The molecule has 4 aliphatic carbocycles. The number of aliphatic hydroxyl groups excluding tert-OH is 1. The quantitative estimate of drug-likeness (QED) is 0.792. The van der Waals surface area contributed by atoms with Gasteiger partial charge >= 0.3 is 0 Å². The van der Waals surface area contributed by atoms with Crippen molar-refractivity contribution in [2.45, 2.75) is 65.4 Å². The van der Waals surface area contributed by atoms with Gasteiger partial charge in [0.1, 0.15) is 0 Å². The maximum atomic E-state index is 10.5. The second-order valence-corrected chi connectivity index (χ2v) is 8.61. The van der Waals surface area contributed by atoms with E-state index in [1.54, 1.807) is 0 Å². The van der Waals surface area contributed by atoms with E-state index in [-0.39, 0.29) is 11.5 Å². The van der Waals surface area contributed by atoms with Crippen molar-refractivity contribution < 1.29 is 5.11 Å². The summed E-state index contributed by atoms with van der Waals surface area (Å²) in [6, 6.07) is 0. The minimum atomic E-state index is -0.273. The van der Waals surface area contributed by atoms with Crippen molar-refractivity contribution in [3.05, 3.63) is 0 Å². The molecule has 2 heteroatoms. The zero-order chi connectivity index (χ0) is 13.2. The van der Waals surface area contributed by atoms with Crippen LogP contribution in [0.25, 0.3) is 0 Å². The van der Waals surface area contributed by atoms with E-state index in [1.807, 2.05) is 0 Å². The third-order valence-corrected chi connectivity index (χ3v) is 6.63. The standard InChI is InChI=1S/C16H29NO/c1-14(2,3)16-7-11-4-12(8-16)6-15(5-11,10-16)13(18)9-17/h11-13,18H,4-10,17H2,1-3H3. The van der Waals surface area contributed by atoms with Crippen LogP contribution in [-0.4, -0.2) is 17.8 Å². The Morgan fingerprint density at radius 1 is 1.17 bits per heavy atom. The first-order valence-electron chi connectivity index (χ1n) is 7.68. The lowest BCUT2D eigenvalue weighted by Crippen LogP contribution is -2.60. The molecule has 18 heavy (non-hydrogen) atoms. The first-order chi connectivity index (χ1) is 8.30. The lowest BCUT2D eigenvalue weighted by molar-refractivity contribution is -0.189. The van der Waals surface area contributed by atoms with Crippen LogP contribution in [0.3, 0.4) is 0 Å². The molecule has 2 nitrogen and oxygen atoms in total. The van der Waals surface area contributed by atoms with Crippen molar-refractivity contribution >= 4 is 0 Å². The predicted molar refractivity (Wildman–Crippen MR) is 74.1 cm³/mol. The number of hydrogen-bond acceptors (Lipinski definition) is 2. The van der Waals surface area contributed by atoms with Crippen LogP contribution in [0.2, 0.25) is 0 Å². The maximum Gasteiger partial charge on any atom is 0.0718 e. The van der Waals surface area contributed by atoms with Gasteiger partial charge in [-0.05, 0) is 66.6 Å². The van der Waals surface area contributed by atoms with E-state index in [0.717, 1.165) is 11.8 Å². The molecule has 0 aromatic carbocycles. The van der Waals surface area contributed by atoms with Crippen molar-refractivity contribution in [1.29, 1.82) is 0 Å². The molecule has 104 valence electrons. The van der Waals surface area contributed by atoms with Gasteiger partial charge < -0.3 is 10.8 Å². The van der Waals surface area contributed by atoms with Crippen LogP contribution in [0, 0.1) is 28.1 Å². The summed E-state index contributed by atoms with van der Waals surface area (Å²) in [5, 5.41) is 10.5. The Morgan fingerprint density at radius 3 is 2.17 bits per heavy atom. The van der Waals surface area contributed by atoms with Gasteiger partial charge in [-0.15, -0.1) is 0 Å². The SMILES string of the molecule is CC(C)(C)C12CC3CC(CC(C(O)CN)(C3)C1)C2. The molecule has 0 heterocycles. The molecule has 4 rings (SSSR count). The molecule has 0 aromatic rings. The van der Waals surface area contributed by atoms with Gasteiger partial charge in [-0.3, -0.25) is 0 Å². The summed E-state index contributed by atoms with van der Waals surface area (Å²) >= 11 is 0. The van der Waals surface area contributed by atoms with Gasteiger partial charge in [0.2, 0.25) is 0 Å². The second-order valence-electron chi connectivity index (χ2n) is 8.61. The van der Waals surface area contributed by atoms with E-state index in [1.165, 1.54) is 38.5 Å². The van der Waals surface area contributed by atoms with Gasteiger partial charge in [-0.25, -0.2) is 0 Å². The third kappa shape index (κ3) is 1.61. The highest BCUT2D eigenvalue weighted by atomic mass is 16.3. The first kappa shape index (κ1) is 12.9. The second kappa shape index (κ2) is 3.73. The number of nitrogens with two attached hydrogens (primary N) is 1. The predicted octanol–water partition coefficient (Wildman–Crippen LogP) is 2.94. The molecule has 0 amide bonds. The molecule has 3 N–H and O–H groups in total. The van der Waals surface area contributed by atoms with Crippen molar-refractivity contribution in [3.63, 3.8) is 0 Å². The topological polar surface area (TPSA) is 46.2 Å². The fourth-order valence-corrected chi connectivity index (χ4v) is 5.85. The monoisotopic (exact) mass is 251 g/mol. The molecule has 3 atom stereocenters. The molecule has 0 radical (unpaired) electrons. The molecule has 0 saturated heterocycles. The average Bonchev–Trinajstić information content (AvgIpc) is 2.24. The Hall–Kier alpha value is -0.0800. The first-order valence-corrected chi connectivity index (χ1v) is 7.68. The lowest BCUT2D eigenvalue weighted by atomic mass is 9.38. The molecule has 4 bridgehead atoms. The normalized spacial score (nSPS) is 48.5. The highest BCUT2D eigenvalue weighted by molar-refractivity contribution is 5.12. The van der Waals surface area contributed by atoms with E-state index in [9.17, 15) is 5.11 Å². The van der Waals surface area contributed by atoms with E-state index in [4.69, 9.17) is 5.73 Å². The van der Waals surface area contributed by atoms with E-state index in [0.29, 0.717) is 17.4 Å². The summed E-state index contributed by atoms with van der Waals surface area (Å²) < 4.78 is 0. The summed E-state index contributed by atoms with van der Waals surface area (Å²) in [5.41, 5.74) is 6.79. The Bertz CT molecular complexity index is 329. The largest absolute Gasteiger partial charge is 0.391 e. The number of hydrogen-bond donors (Lipinski definition) is 2. The van der Waals surface area contributed by atoms with Crippen LogP contribution in [-0.2, 0) is 0 Å². The summed E-state index contributed by atoms with van der Waals surface area (Å²) in [4.78, 5) is 0. The smallest absolute Gasteiger partial charge is 0.0718 e. The fourth-order valence-electron chi connectivity index (χ4n) is 5.85. The summed E-state index contributed by atoms with van der Waals surface area (Å²) in [6.45, 7) is 7.66. The summed E-state index contributed by atoms with van der Waals surface area (Å²) in [5.74, 6) is 1.71. The van der Waals surface area contributed by atoms with Crippen LogP contribution in [0.1, 0.15) is 59.3 Å². The van der Waals surface area contributed by atoms with E-state index in [2.05, 4.69) is 20.8 Å². The van der Waals surface area contributed by atoms with Crippen molar-refractivity contribution in [2.24, 2.45) is 33.8 Å². The van der Waals surface area contributed by atoms with Crippen LogP contribution >= 0.6 is 0 Å². The third-order valence-electron chi connectivity index (χ3n) is 6.63. The molecule has 4 aliphatic rings. The highest BCUT2D eigenvalue weighted by Crippen LogP contribution is 2.70.